The number of carbonyl (C=O) groups excluding carboxylic acids is 2. The van der Waals surface area contributed by atoms with Gasteiger partial charge in [0.25, 0.3) is 5.91 Å². The van der Waals surface area contributed by atoms with Gasteiger partial charge in [-0.25, -0.2) is 0 Å². The van der Waals surface area contributed by atoms with Crippen LogP contribution >= 0.6 is 0 Å². The minimum absolute atomic E-state index is 0.0934. The first kappa shape index (κ1) is 18.9. The van der Waals surface area contributed by atoms with E-state index in [4.69, 9.17) is 15.0 Å². The molecule has 8 nitrogen and oxygen atoms in total. The molecule has 1 aliphatic heterocycles. The monoisotopic (exact) mass is 372 g/mol. The van der Waals surface area contributed by atoms with Gasteiger partial charge in [-0.1, -0.05) is 5.16 Å². The molecule has 8 heteroatoms. The van der Waals surface area contributed by atoms with E-state index in [2.05, 4.69) is 10.1 Å². The summed E-state index contributed by atoms with van der Waals surface area (Å²) in [5, 5.41) is 3.93. The van der Waals surface area contributed by atoms with Crippen LogP contribution in [-0.4, -0.2) is 46.0 Å². The number of ether oxygens (including phenoxy) is 1. The molecule has 1 saturated heterocycles. The zero-order chi connectivity index (χ0) is 19.4. The molecule has 0 saturated carbocycles. The zero-order valence-corrected chi connectivity index (χ0v) is 15.6. The van der Waals surface area contributed by atoms with Gasteiger partial charge in [-0.15, -0.1) is 0 Å². The van der Waals surface area contributed by atoms with Crippen molar-refractivity contribution in [3.05, 3.63) is 41.0 Å². The highest BCUT2D eigenvalue weighted by molar-refractivity contribution is 5.91. The fraction of sp³-hybridized carbons (Fsp3) is 0.474. The van der Waals surface area contributed by atoms with Gasteiger partial charge in [0.2, 0.25) is 5.91 Å². The topological polar surface area (TPSA) is 112 Å². The number of nitrogens with zero attached hydrogens (tertiary/aromatic N) is 3. The normalized spacial score (nSPS) is 17.0. The first-order valence-corrected chi connectivity index (χ1v) is 9.06. The van der Waals surface area contributed by atoms with Crippen LogP contribution in [-0.2, 0) is 11.2 Å². The number of pyridine rings is 1. The van der Waals surface area contributed by atoms with Gasteiger partial charge in [-0.05, 0) is 39.2 Å². The number of hydrogen-bond donors (Lipinski definition) is 1. The van der Waals surface area contributed by atoms with E-state index in [1.807, 2.05) is 18.7 Å². The molecule has 0 radical (unpaired) electrons. The van der Waals surface area contributed by atoms with Gasteiger partial charge in [0.15, 0.2) is 0 Å². The third-order valence-corrected chi connectivity index (χ3v) is 4.79. The van der Waals surface area contributed by atoms with E-state index in [1.54, 1.807) is 6.07 Å². The predicted octanol–water partition coefficient (Wildman–Crippen LogP) is 1.79. The smallest absolute Gasteiger partial charge is 0.267 e. The average molecular weight is 372 g/mol. The molecule has 2 N–H and O–H groups in total. The molecule has 144 valence electrons. The fourth-order valence-electron chi connectivity index (χ4n) is 3.32. The molecule has 0 spiro atoms. The summed E-state index contributed by atoms with van der Waals surface area (Å²) in [6.45, 7) is 4.99. The summed E-state index contributed by atoms with van der Waals surface area (Å²) >= 11 is 0. The Balaban J connectivity index is 1.56. The van der Waals surface area contributed by atoms with Crippen molar-refractivity contribution in [2.75, 3.05) is 13.1 Å². The van der Waals surface area contributed by atoms with E-state index in [1.165, 1.54) is 12.3 Å². The third kappa shape index (κ3) is 4.64. The molecule has 1 fully saturated rings. The van der Waals surface area contributed by atoms with E-state index in [0.29, 0.717) is 25.1 Å². The van der Waals surface area contributed by atoms with Crippen molar-refractivity contribution in [1.82, 2.24) is 15.0 Å². The largest absolute Gasteiger partial charge is 0.488 e. The Labute approximate surface area is 157 Å². The molecule has 0 aliphatic carbocycles. The zero-order valence-electron chi connectivity index (χ0n) is 15.6. The number of aryl methyl sites for hydroxylation is 2. The average Bonchev–Trinajstić information content (AvgIpc) is 2.98. The van der Waals surface area contributed by atoms with Gasteiger partial charge in [0.1, 0.15) is 23.3 Å². The second-order valence-electron chi connectivity index (χ2n) is 6.77. The van der Waals surface area contributed by atoms with Crippen LogP contribution in [0.4, 0.5) is 0 Å². The van der Waals surface area contributed by atoms with Crippen LogP contribution in [0.3, 0.4) is 0 Å². The highest BCUT2D eigenvalue weighted by atomic mass is 16.5. The number of rotatable bonds is 6. The lowest BCUT2D eigenvalue weighted by Gasteiger charge is -2.33. The van der Waals surface area contributed by atoms with E-state index >= 15 is 0 Å². The maximum absolute atomic E-state index is 12.6. The Morgan fingerprint density at radius 3 is 2.93 bits per heavy atom. The van der Waals surface area contributed by atoms with Crippen LogP contribution in [0.5, 0.6) is 5.75 Å². The van der Waals surface area contributed by atoms with Crippen LogP contribution in [0.1, 0.15) is 46.8 Å². The summed E-state index contributed by atoms with van der Waals surface area (Å²) in [6.07, 6.45) is 4.12. The number of nitrogens with two attached hydrogens (primary N) is 1. The quantitative estimate of drug-likeness (QED) is 0.827. The summed E-state index contributed by atoms with van der Waals surface area (Å²) in [5.41, 5.74) is 7.25. The number of primary amides is 1. The Morgan fingerprint density at radius 2 is 2.22 bits per heavy atom. The molecule has 1 atom stereocenters. The van der Waals surface area contributed by atoms with E-state index < -0.39 is 5.91 Å². The summed E-state index contributed by atoms with van der Waals surface area (Å²) in [7, 11) is 0. The summed E-state index contributed by atoms with van der Waals surface area (Å²) in [4.78, 5) is 29.6. The molecule has 3 heterocycles. The Morgan fingerprint density at radius 1 is 1.41 bits per heavy atom. The van der Waals surface area contributed by atoms with Crippen LogP contribution in [0.15, 0.2) is 22.9 Å². The minimum atomic E-state index is -0.597. The van der Waals surface area contributed by atoms with Gasteiger partial charge in [0.05, 0.1) is 12.2 Å². The van der Waals surface area contributed by atoms with Gasteiger partial charge < -0.3 is 19.9 Å². The van der Waals surface area contributed by atoms with Gasteiger partial charge in [-0.2, -0.15) is 0 Å². The van der Waals surface area contributed by atoms with Crippen molar-refractivity contribution in [1.29, 1.82) is 0 Å². The Kier molecular flexibility index (Phi) is 5.73. The van der Waals surface area contributed by atoms with Crippen molar-refractivity contribution in [2.45, 2.75) is 45.6 Å². The van der Waals surface area contributed by atoms with Crippen molar-refractivity contribution >= 4 is 11.8 Å². The van der Waals surface area contributed by atoms with Crippen LogP contribution < -0.4 is 10.5 Å². The maximum atomic E-state index is 12.6. The van der Waals surface area contributed by atoms with Crippen LogP contribution in [0.25, 0.3) is 0 Å². The first-order chi connectivity index (χ1) is 12.9. The summed E-state index contributed by atoms with van der Waals surface area (Å²) in [6, 6.07) is 3.21. The summed E-state index contributed by atoms with van der Waals surface area (Å²) in [5.74, 6) is 0.799. The second-order valence-corrected chi connectivity index (χ2v) is 6.77. The van der Waals surface area contributed by atoms with Crippen molar-refractivity contribution in [3.8, 4) is 5.75 Å². The Hall–Kier alpha value is -2.90. The molecule has 27 heavy (non-hydrogen) atoms. The highest BCUT2D eigenvalue weighted by Crippen LogP contribution is 2.20. The molecule has 0 bridgehead atoms. The standard InChI is InChI=1S/C19H24N4O4/c1-12-16(13(2)27-22-12)5-6-18(24)23-9-3-4-15(11-23)26-14-7-8-21-17(10-14)19(20)25/h7-8,10,15H,3-6,9,11H2,1-2H3,(H2,20,25). The Bertz CT molecular complexity index is 813. The minimum Gasteiger partial charge on any atom is -0.488 e. The van der Waals surface area contributed by atoms with Gasteiger partial charge in [-0.3, -0.25) is 14.6 Å². The van der Waals surface area contributed by atoms with Crippen molar-refractivity contribution < 1.29 is 18.8 Å². The molecular formula is C19H24N4O4. The number of piperidine rings is 1. The first-order valence-electron chi connectivity index (χ1n) is 9.06. The van der Waals surface area contributed by atoms with E-state index in [-0.39, 0.29) is 17.7 Å². The van der Waals surface area contributed by atoms with Crippen molar-refractivity contribution in [2.24, 2.45) is 5.73 Å². The number of likely N-dealkylation sites (tertiary alicyclic amines) is 1. The van der Waals surface area contributed by atoms with Crippen LogP contribution in [0, 0.1) is 13.8 Å². The lowest BCUT2D eigenvalue weighted by Crippen LogP contribution is -2.44. The number of carbonyl (C=O) groups is 2. The lowest BCUT2D eigenvalue weighted by atomic mass is 10.0. The summed E-state index contributed by atoms with van der Waals surface area (Å²) < 4.78 is 11.1. The molecule has 2 amide bonds. The highest BCUT2D eigenvalue weighted by Gasteiger charge is 2.25. The predicted molar refractivity (Wildman–Crippen MR) is 97.3 cm³/mol. The van der Waals surface area contributed by atoms with E-state index in [9.17, 15) is 9.59 Å². The molecule has 2 aromatic heterocycles. The second kappa shape index (κ2) is 8.20. The third-order valence-electron chi connectivity index (χ3n) is 4.79. The van der Waals surface area contributed by atoms with Gasteiger partial charge >= 0.3 is 0 Å². The maximum Gasteiger partial charge on any atom is 0.267 e. The molecule has 1 aliphatic rings. The fourth-order valence-corrected chi connectivity index (χ4v) is 3.32. The molecule has 0 aromatic carbocycles. The molecule has 1 unspecified atom stereocenters. The number of hydrogen-bond acceptors (Lipinski definition) is 6. The lowest BCUT2D eigenvalue weighted by molar-refractivity contribution is -0.133. The number of amides is 2. The molecular weight excluding hydrogens is 348 g/mol. The van der Waals surface area contributed by atoms with E-state index in [0.717, 1.165) is 36.4 Å². The van der Waals surface area contributed by atoms with Gasteiger partial charge in [0, 0.05) is 30.8 Å². The van der Waals surface area contributed by atoms with Crippen LogP contribution in [0.2, 0.25) is 0 Å². The molecule has 3 rings (SSSR count). The number of aromatic nitrogens is 2. The molecule has 2 aromatic rings. The van der Waals surface area contributed by atoms with Crippen molar-refractivity contribution in [3.63, 3.8) is 0 Å². The SMILES string of the molecule is Cc1noc(C)c1CCC(=O)N1CCCC(Oc2ccnc(C(N)=O)c2)C1.